The molecule has 0 spiro atoms. The molecule has 25 heavy (non-hydrogen) atoms. The predicted molar refractivity (Wildman–Crippen MR) is 90.5 cm³/mol. The average Bonchev–Trinajstić information content (AvgIpc) is 3.12. The van der Waals surface area contributed by atoms with E-state index in [1.807, 2.05) is 24.3 Å². The van der Waals surface area contributed by atoms with Crippen LogP contribution in [0.15, 0.2) is 36.5 Å². The van der Waals surface area contributed by atoms with Gasteiger partial charge in [-0.2, -0.15) is 5.10 Å². The van der Waals surface area contributed by atoms with Crippen LogP contribution in [0, 0.1) is 5.92 Å². The maximum absolute atomic E-state index is 12.1. The number of aromatic carboxylic acids is 1. The second-order valence-electron chi connectivity index (χ2n) is 6.16. The molecular formula is C18H21N3O4. The van der Waals surface area contributed by atoms with Crippen molar-refractivity contribution in [1.82, 2.24) is 15.1 Å². The van der Waals surface area contributed by atoms with Crippen LogP contribution in [-0.2, 0) is 16.1 Å². The third-order valence-corrected chi connectivity index (χ3v) is 4.29. The van der Waals surface area contributed by atoms with Crippen LogP contribution in [0.25, 0.3) is 5.69 Å². The minimum Gasteiger partial charge on any atom is -0.476 e. The summed E-state index contributed by atoms with van der Waals surface area (Å²) in [6.45, 7) is 1.91. The number of hydrogen-bond donors (Lipinski definition) is 2. The number of ether oxygens (including phenoxy) is 1. The van der Waals surface area contributed by atoms with Crippen molar-refractivity contribution < 1.29 is 19.4 Å². The molecule has 1 aromatic carbocycles. The Bertz CT molecular complexity index is 750. The molecule has 1 aliphatic rings. The Labute approximate surface area is 145 Å². The number of nitrogens with one attached hydrogen (secondary N) is 1. The molecule has 1 saturated heterocycles. The molecule has 0 bridgehead atoms. The van der Waals surface area contributed by atoms with Crippen molar-refractivity contribution in [2.45, 2.75) is 25.8 Å². The minimum atomic E-state index is -1.06. The van der Waals surface area contributed by atoms with Crippen molar-refractivity contribution in [3.05, 3.63) is 47.8 Å². The molecule has 0 unspecified atom stereocenters. The maximum atomic E-state index is 12.1. The number of carbonyl (C=O) groups is 2. The fourth-order valence-electron chi connectivity index (χ4n) is 2.88. The van der Waals surface area contributed by atoms with Crippen molar-refractivity contribution in [2.24, 2.45) is 5.92 Å². The first-order valence-corrected chi connectivity index (χ1v) is 8.34. The van der Waals surface area contributed by atoms with Gasteiger partial charge in [-0.3, -0.25) is 4.79 Å². The van der Waals surface area contributed by atoms with E-state index in [0.717, 1.165) is 37.3 Å². The zero-order valence-corrected chi connectivity index (χ0v) is 13.9. The van der Waals surface area contributed by atoms with E-state index in [1.54, 1.807) is 6.20 Å². The van der Waals surface area contributed by atoms with Gasteiger partial charge < -0.3 is 15.2 Å². The highest BCUT2D eigenvalue weighted by Gasteiger charge is 2.17. The summed E-state index contributed by atoms with van der Waals surface area (Å²) in [6.07, 6.45) is 4.01. The van der Waals surface area contributed by atoms with Crippen molar-refractivity contribution in [3.63, 3.8) is 0 Å². The van der Waals surface area contributed by atoms with Crippen LogP contribution in [0.5, 0.6) is 0 Å². The number of amides is 1. The monoisotopic (exact) mass is 343 g/mol. The quantitative estimate of drug-likeness (QED) is 0.837. The van der Waals surface area contributed by atoms with Crippen LogP contribution in [0.3, 0.4) is 0 Å². The van der Waals surface area contributed by atoms with E-state index in [9.17, 15) is 9.59 Å². The Balaban J connectivity index is 1.57. The number of nitrogens with zero attached hydrogens (tertiary/aromatic N) is 2. The van der Waals surface area contributed by atoms with Crippen molar-refractivity contribution in [3.8, 4) is 5.69 Å². The zero-order chi connectivity index (χ0) is 17.6. The highest BCUT2D eigenvalue weighted by Crippen LogP contribution is 2.18. The number of hydrogen-bond acceptors (Lipinski definition) is 4. The number of carbonyl (C=O) groups excluding carboxylic acids is 1. The predicted octanol–water partition coefficient (Wildman–Crippen LogP) is 2.00. The van der Waals surface area contributed by atoms with Crippen molar-refractivity contribution >= 4 is 11.9 Å². The molecule has 2 N–H and O–H groups in total. The van der Waals surface area contributed by atoms with E-state index in [-0.39, 0.29) is 11.6 Å². The van der Waals surface area contributed by atoms with Gasteiger partial charge in [-0.05, 0) is 42.5 Å². The van der Waals surface area contributed by atoms with Crippen molar-refractivity contribution in [1.29, 1.82) is 0 Å². The summed E-state index contributed by atoms with van der Waals surface area (Å²) in [5.41, 5.74) is 1.68. The smallest absolute Gasteiger partial charge is 0.356 e. The minimum absolute atomic E-state index is 0.00447. The Kier molecular flexibility index (Phi) is 5.45. The van der Waals surface area contributed by atoms with Gasteiger partial charge in [-0.15, -0.1) is 0 Å². The Hall–Kier alpha value is -2.67. The standard InChI is InChI=1S/C18H21N3O4/c22-17(11-13-5-8-25-9-6-13)19-12-14-2-1-3-15(10-14)21-7-4-16(20-21)18(23)24/h1-4,7,10,13H,5-6,8-9,11-12H2,(H,19,22)(H,23,24). The number of rotatable bonds is 6. The molecule has 1 aromatic heterocycles. The van der Waals surface area contributed by atoms with E-state index in [0.29, 0.717) is 18.9 Å². The van der Waals surface area contributed by atoms with Gasteiger partial charge >= 0.3 is 5.97 Å². The topological polar surface area (TPSA) is 93.5 Å². The van der Waals surface area contributed by atoms with Gasteiger partial charge in [0.25, 0.3) is 0 Å². The Morgan fingerprint density at radius 3 is 2.80 bits per heavy atom. The summed E-state index contributed by atoms with van der Waals surface area (Å²) in [6, 6.07) is 8.95. The molecule has 3 rings (SSSR count). The lowest BCUT2D eigenvalue weighted by molar-refractivity contribution is -0.122. The lowest BCUT2D eigenvalue weighted by atomic mass is 9.96. The van der Waals surface area contributed by atoms with E-state index >= 15 is 0 Å². The first-order chi connectivity index (χ1) is 12.1. The molecule has 0 radical (unpaired) electrons. The molecule has 2 heterocycles. The Morgan fingerprint density at radius 1 is 1.28 bits per heavy atom. The molecule has 7 heteroatoms. The van der Waals surface area contributed by atoms with Crippen LogP contribution in [0.1, 0.15) is 35.3 Å². The van der Waals surface area contributed by atoms with Gasteiger partial charge in [0.15, 0.2) is 5.69 Å². The lowest BCUT2D eigenvalue weighted by Crippen LogP contribution is -2.27. The van der Waals surface area contributed by atoms with Crippen molar-refractivity contribution in [2.75, 3.05) is 13.2 Å². The summed E-state index contributed by atoms with van der Waals surface area (Å²) in [5, 5.41) is 15.9. The van der Waals surface area contributed by atoms with Crippen LogP contribution in [0.4, 0.5) is 0 Å². The summed E-state index contributed by atoms with van der Waals surface area (Å²) in [7, 11) is 0. The molecule has 0 saturated carbocycles. The molecule has 132 valence electrons. The highest BCUT2D eigenvalue weighted by molar-refractivity contribution is 5.85. The number of benzene rings is 1. The largest absolute Gasteiger partial charge is 0.476 e. The van der Waals surface area contributed by atoms with E-state index in [2.05, 4.69) is 10.4 Å². The summed E-state index contributed by atoms with van der Waals surface area (Å²) >= 11 is 0. The van der Waals surface area contributed by atoms with Gasteiger partial charge in [0.05, 0.1) is 5.69 Å². The van der Waals surface area contributed by atoms with E-state index in [1.165, 1.54) is 10.7 Å². The summed E-state index contributed by atoms with van der Waals surface area (Å²) < 4.78 is 6.82. The zero-order valence-electron chi connectivity index (χ0n) is 13.9. The van der Waals surface area contributed by atoms with E-state index in [4.69, 9.17) is 9.84 Å². The SMILES string of the molecule is O=C(CC1CCOCC1)NCc1cccc(-n2ccc(C(=O)O)n2)c1. The van der Waals surface area contributed by atoms with Gasteiger partial charge in [0.2, 0.25) is 5.91 Å². The molecule has 1 fully saturated rings. The second kappa shape index (κ2) is 7.94. The first kappa shape index (κ1) is 17.2. The van der Waals surface area contributed by atoms with Crippen LogP contribution in [-0.4, -0.2) is 40.0 Å². The van der Waals surface area contributed by atoms with Crippen LogP contribution < -0.4 is 5.32 Å². The molecule has 0 aliphatic carbocycles. The maximum Gasteiger partial charge on any atom is 0.356 e. The molecule has 1 amide bonds. The lowest BCUT2D eigenvalue weighted by Gasteiger charge is -2.21. The third-order valence-electron chi connectivity index (χ3n) is 4.29. The normalized spacial score (nSPS) is 15.0. The molecule has 0 atom stereocenters. The van der Waals surface area contributed by atoms with Gasteiger partial charge in [0.1, 0.15) is 0 Å². The van der Waals surface area contributed by atoms with Gasteiger partial charge in [-0.25, -0.2) is 9.48 Å². The number of carboxylic acid groups (broad SMARTS) is 1. The van der Waals surface area contributed by atoms with Crippen LogP contribution in [0.2, 0.25) is 0 Å². The molecule has 1 aliphatic heterocycles. The molecule has 2 aromatic rings. The van der Waals surface area contributed by atoms with E-state index < -0.39 is 5.97 Å². The average molecular weight is 343 g/mol. The number of aromatic nitrogens is 2. The third kappa shape index (κ3) is 4.67. The van der Waals surface area contributed by atoms with Crippen LogP contribution >= 0.6 is 0 Å². The summed E-state index contributed by atoms with van der Waals surface area (Å²) in [5.74, 6) is -0.613. The fourth-order valence-corrected chi connectivity index (χ4v) is 2.88. The first-order valence-electron chi connectivity index (χ1n) is 8.34. The molecule has 7 nitrogen and oxygen atoms in total. The highest BCUT2D eigenvalue weighted by atomic mass is 16.5. The van der Waals surface area contributed by atoms with Gasteiger partial charge in [0, 0.05) is 32.4 Å². The molecular weight excluding hydrogens is 322 g/mol. The fraction of sp³-hybridized carbons (Fsp3) is 0.389. The Morgan fingerprint density at radius 2 is 2.08 bits per heavy atom. The number of carboxylic acids is 1. The second-order valence-corrected chi connectivity index (χ2v) is 6.16. The van der Waals surface area contributed by atoms with Gasteiger partial charge in [-0.1, -0.05) is 12.1 Å². The summed E-state index contributed by atoms with van der Waals surface area (Å²) in [4.78, 5) is 23.0.